The van der Waals surface area contributed by atoms with Crippen LogP contribution in [0.15, 0.2) is 35.8 Å². The highest BCUT2D eigenvalue weighted by molar-refractivity contribution is 7.15. The molecule has 2 aromatic heterocycles. The molecule has 6 nitrogen and oxygen atoms in total. The van der Waals surface area contributed by atoms with Crippen LogP contribution in [0.5, 0.6) is 11.6 Å². The highest BCUT2D eigenvalue weighted by Gasteiger charge is 2.22. The van der Waals surface area contributed by atoms with Crippen LogP contribution in [0.4, 0.5) is 0 Å². The molecule has 7 heteroatoms. The lowest BCUT2D eigenvalue weighted by Crippen LogP contribution is -2.03. The smallest absolute Gasteiger partial charge is 0.358 e. The first-order valence-electron chi connectivity index (χ1n) is 5.56. The minimum atomic E-state index is -1.14. The maximum atomic E-state index is 11.3. The van der Waals surface area contributed by atoms with Crippen LogP contribution < -0.4 is 4.74 Å². The molecule has 2 heterocycles. The molecule has 0 fully saturated rings. The molecular weight excluding hydrogens is 278 g/mol. The van der Waals surface area contributed by atoms with Crippen LogP contribution in [0, 0.1) is 11.3 Å². The fourth-order valence-electron chi connectivity index (χ4n) is 1.78. The van der Waals surface area contributed by atoms with E-state index < -0.39 is 5.97 Å². The first-order chi connectivity index (χ1) is 9.70. The Labute approximate surface area is 117 Å². The monoisotopic (exact) mass is 285 g/mol. The summed E-state index contributed by atoms with van der Waals surface area (Å²) in [5.74, 6) is -0.879. The lowest BCUT2D eigenvalue weighted by Gasteiger charge is -2.04. The Kier molecular flexibility index (Phi) is 2.85. The van der Waals surface area contributed by atoms with Gasteiger partial charge in [0, 0.05) is 11.6 Å². The number of benzene rings is 1. The number of hydrogen-bond donors (Lipinski definition) is 1. The summed E-state index contributed by atoms with van der Waals surface area (Å²) in [5.41, 5.74) is 0.259. The number of imidazole rings is 1. The summed E-state index contributed by atoms with van der Waals surface area (Å²) in [6.07, 6.45) is 1.61. The molecule has 3 aromatic rings. The van der Waals surface area contributed by atoms with Gasteiger partial charge in [-0.2, -0.15) is 10.2 Å². The molecule has 0 bridgehead atoms. The molecule has 1 aromatic carbocycles. The maximum absolute atomic E-state index is 11.3. The fraction of sp³-hybridized carbons (Fsp3) is 0. The second kappa shape index (κ2) is 4.68. The molecule has 0 saturated heterocycles. The van der Waals surface area contributed by atoms with Crippen molar-refractivity contribution >= 4 is 22.3 Å². The third-order valence-corrected chi connectivity index (χ3v) is 3.40. The number of carbonyl (C=O) groups is 1. The van der Waals surface area contributed by atoms with Crippen molar-refractivity contribution in [1.29, 1.82) is 5.26 Å². The van der Waals surface area contributed by atoms with Crippen molar-refractivity contribution in [3.63, 3.8) is 0 Å². The van der Waals surface area contributed by atoms with Gasteiger partial charge in [0.2, 0.25) is 0 Å². The molecule has 98 valence electrons. The van der Waals surface area contributed by atoms with Gasteiger partial charge in [0.05, 0.1) is 5.56 Å². The number of aromatic nitrogens is 2. The maximum Gasteiger partial charge on any atom is 0.358 e. The summed E-state index contributed by atoms with van der Waals surface area (Å²) in [4.78, 5) is 16.0. The quantitative estimate of drug-likeness (QED) is 0.799. The van der Waals surface area contributed by atoms with Gasteiger partial charge < -0.3 is 9.84 Å². The molecule has 1 N–H and O–H groups in total. The topological polar surface area (TPSA) is 87.6 Å². The van der Waals surface area contributed by atoms with Crippen molar-refractivity contribution in [1.82, 2.24) is 9.38 Å². The van der Waals surface area contributed by atoms with E-state index in [9.17, 15) is 9.90 Å². The summed E-state index contributed by atoms with van der Waals surface area (Å²) in [6.45, 7) is 0. The van der Waals surface area contributed by atoms with E-state index >= 15 is 0 Å². The highest BCUT2D eigenvalue weighted by atomic mass is 32.1. The van der Waals surface area contributed by atoms with Crippen molar-refractivity contribution in [2.24, 2.45) is 0 Å². The third-order valence-electron chi connectivity index (χ3n) is 2.65. The number of para-hydroxylation sites is 1. The van der Waals surface area contributed by atoms with E-state index in [2.05, 4.69) is 4.98 Å². The van der Waals surface area contributed by atoms with Crippen LogP contribution in [-0.2, 0) is 0 Å². The van der Waals surface area contributed by atoms with Crippen LogP contribution in [0.2, 0.25) is 0 Å². The minimum absolute atomic E-state index is 0.0212. The van der Waals surface area contributed by atoms with E-state index in [0.29, 0.717) is 10.5 Å². The van der Waals surface area contributed by atoms with E-state index in [1.54, 1.807) is 35.8 Å². The molecule has 0 radical (unpaired) electrons. The van der Waals surface area contributed by atoms with Crippen molar-refractivity contribution in [3.8, 4) is 17.7 Å². The van der Waals surface area contributed by atoms with Gasteiger partial charge in [-0.25, -0.2) is 4.79 Å². The summed E-state index contributed by atoms with van der Waals surface area (Å²) < 4.78 is 6.95. The third kappa shape index (κ3) is 1.88. The Morgan fingerprint density at radius 3 is 3.00 bits per heavy atom. The van der Waals surface area contributed by atoms with Crippen molar-refractivity contribution in [2.75, 3.05) is 0 Å². The molecule has 0 aliphatic heterocycles. The van der Waals surface area contributed by atoms with Crippen LogP contribution in [-0.4, -0.2) is 20.5 Å². The molecule has 3 rings (SSSR count). The van der Waals surface area contributed by atoms with Crippen LogP contribution in [0.25, 0.3) is 4.96 Å². The molecule has 0 atom stereocenters. The highest BCUT2D eigenvalue weighted by Crippen LogP contribution is 2.29. The van der Waals surface area contributed by atoms with E-state index in [-0.39, 0.29) is 17.3 Å². The minimum Gasteiger partial charge on any atom is -0.476 e. The fourth-order valence-corrected chi connectivity index (χ4v) is 2.49. The molecule has 20 heavy (non-hydrogen) atoms. The molecule has 0 aliphatic carbocycles. The Balaban J connectivity index is 2.11. The lowest BCUT2D eigenvalue weighted by atomic mass is 10.2. The second-order valence-electron chi connectivity index (χ2n) is 3.84. The van der Waals surface area contributed by atoms with Gasteiger partial charge in [-0.3, -0.25) is 4.40 Å². The number of nitriles is 1. The van der Waals surface area contributed by atoms with Gasteiger partial charge in [-0.05, 0) is 12.1 Å². The zero-order valence-corrected chi connectivity index (χ0v) is 10.8. The molecule has 0 saturated carbocycles. The number of carboxylic acid groups (broad SMARTS) is 1. The predicted molar refractivity (Wildman–Crippen MR) is 71.3 cm³/mol. The van der Waals surface area contributed by atoms with Gasteiger partial charge in [-0.1, -0.05) is 12.1 Å². The zero-order valence-electron chi connectivity index (χ0n) is 9.98. The number of aromatic carboxylic acids is 1. The van der Waals surface area contributed by atoms with Gasteiger partial charge in [0.1, 0.15) is 11.8 Å². The Morgan fingerprint density at radius 1 is 1.45 bits per heavy atom. The normalized spacial score (nSPS) is 10.3. The van der Waals surface area contributed by atoms with Crippen LogP contribution in [0.3, 0.4) is 0 Å². The number of hydrogen-bond acceptors (Lipinski definition) is 5. The average molecular weight is 285 g/mol. The lowest BCUT2D eigenvalue weighted by molar-refractivity contribution is 0.0686. The number of fused-ring (bicyclic) bond motifs is 1. The summed E-state index contributed by atoms with van der Waals surface area (Å²) in [7, 11) is 0. The van der Waals surface area contributed by atoms with Gasteiger partial charge >= 0.3 is 5.97 Å². The molecule has 0 amide bonds. The first kappa shape index (κ1) is 12.2. The van der Waals surface area contributed by atoms with Crippen molar-refractivity contribution in [3.05, 3.63) is 47.1 Å². The number of rotatable bonds is 3. The molecule has 0 aliphatic rings. The van der Waals surface area contributed by atoms with Gasteiger partial charge in [-0.15, -0.1) is 11.3 Å². The van der Waals surface area contributed by atoms with E-state index in [0.717, 1.165) is 0 Å². The standard InChI is InChI=1S/C13H7N3O3S/c14-7-8-3-1-2-4-9(8)19-11-10(12(17)18)16-5-6-20-13(16)15-11/h1-6H,(H,17,18). The zero-order chi connectivity index (χ0) is 14.1. The predicted octanol–water partition coefficient (Wildman–Crippen LogP) is 2.76. The Morgan fingerprint density at radius 2 is 2.25 bits per heavy atom. The van der Waals surface area contributed by atoms with Crippen LogP contribution >= 0.6 is 11.3 Å². The molecule has 0 spiro atoms. The van der Waals surface area contributed by atoms with E-state index in [4.69, 9.17) is 10.00 Å². The summed E-state index contributed by atoms with van der Waals surface area (Å²) in [6, 6.07) is 8.58. The van der Waals surface area contributed by atoms with Gasteiger partial charge in [0.15, 0.2) is 10.7 Å². The van der Waals surface area contributed by atoms with E-state index in [1.165, 1.54) is 15.7 Å². The number of ether oxygens (including phenoxy) is 1. The Hall–Kier alpha value is -2.85. The van der Waals surface area contributed by atoms with Gasteiger partial charge in [0.25, 0.3) is 5.88 Å². The number of carboxylic acids is 1. The number of nitrogens with zero attached hydrogens (tertiary/aromatic N) is 3. The number of thiazole rings is 1. The largest absolute Gasteiger partial charge is 0.476 e. The SMILES string of the molecule is N#Cc1ccccc1Oc1nc2sccn2c1C(=O)O. The van der Waals surface area contributed by atoms with Crippen LogP contribution in [0.1, 0.15) is 16.1 Å². The van der Waals surface area contributed by atoms with E-state index in [1.807, 2.05) is 6.07 Å². The summed E-state index contributed by atoms with van der Waals surface area (Å²) in [5, 5.41) is 20.0. The second-order valence-corrected chi connectivity index (χ2v) is 4.71. The summed E-state index contributed by atoms with van der Waals surface area (Å²) >= 11 is 1.30. The van der Waals surface area contributed by atoms with Crippen molar-refractivity contribution < 1.29 is 14.6 Å². The molecule has 0 unspecified atom stereocenters. The first-order valence-corrected chi connectivity index (χ1v) is 6.44. The average Bonchev–Trinajstić information content (AvgIpc) is 2.99. The Bertz CT molecular complexity index is 844. The van der Waals surface area contributed by atoms with Crippen molar-refractivity contribution in [2.45, 2.75) is 0 Å². The molecular formula is C13H7N3O3S.